The number of carbonyl (C=O) groups is 2. The first kappa shape index (κ1) is 29.7. The van der Waals surface area contributed by atoms with E-state index >= 15 is 0 Å². The number of rotatable bonds is 10. The van der Waals surface area contributed by atoms with Gasteiger partial charge in [-0.15, -0.1) is 0 Å². The van der Waals surface area contributed by atoms with Gasteiger partial charge in [0.1, 0.15) is 12.6 Å². The number of nitrogens with one attached hydrogen (secondary N) is 1. The number of amides is 2. The van der Waals surface area contributed by atoms with Crippen LogP contribution in [0.2, 0.25) is 5.02 Å². The molecule has 7 nitrogen and oxygen atoms in total. The molecule has 1 atom stereocenters. The summed E-state index contributed by atoms with van der Waals surface area (Å²) in [5.74, 6) is -0.847. The van der Waals surface area contributed by atoms with E-state index in [0.29, 0.717) is 10.7 Å². The zero-order valence-electron chi connectivity index (χ0n) is 21.7. The van der Waals surface area contributed by atoms with Crippen molar-refractivity contribution in [2.24, 2.45) is 0 Å². The van der Waals surface area contributed by atoms with Gasteiger partial charge in [0.15, 0.2) is 0 Å². The Morgan fingerprint density at radius 3 is 2.18 bits per heavy atom. The summed E-state index contributed by atoms with van der Waals surface area (Å²) in [4.78, 5) is 28.2. The van der Waals surface area contributed by atoms with Gasteiger partial charge in [-0.1, -0.05) is 57.4 Å². The van der Waals surface area contributed by atoms with Crippen LogP contribution in [0.5, 0.6) is 0 Å². The highest BCUT2D eigenvalue weighted by molar-refractivity contribution is 9.10. The van der Waals surface area contributed by atoms with E-state index in [2.05, 4.69) is 21.2 Å². The van der Waals surface area contributed by atoms with Crippen molar-refractivity contribution in [2.45, 2.75) is 51.2 Å². The molecule has 10 heteroatoms. The molecule has 3 aromatic rings. The lowest BCUT2D eigenvalue weighted by molar-refractivity contribution is -0.139. The number of anilines is 1. The van der Waals surface area contributed by atoms with Gasteiger partial charge in [0.05, 0.1) is 10.6 Å². The largest absolute Gasteiger partial charge is 0.352 e. The van der Waals surface area contributed by atoms with E-state index in [1.165, 1.54) is 29.2 Å². The summed E-state index contributed by atoms with van der Waals surface area (Å²) in [7, 11) is -4.14. The zero-order chi connectivity index (χ0) is 28.0. The zero-order valence-corrected chi connectivity index (χ0v) is 24.8. The van der Waals surface area contributed by atoms with Crippen LogP contribution < -0.4 is 9.62 Å². The second-order valence-corrected chi connectivity index (χ2v) is 12.5. The Morgan fingerprint density at radius 2 is 1.61 bits per heavy atom. The molecule has 0 aliphatic heterocycles. The molecule has 0 unspecified atom stereocenters. The molecule has 3 rings (SSSR count). The molecule has 38 heavy (non-hydrogen) atoms. The minimum Gasteiger partial charge on any atom is -0.352 e. The van der Waals surface area contributed by atoms with Crippen molar-refractivity contribution in [1.82, 2.24) is 10.2 Å². The van der Waals surface area contributed by atoms with E-state index in [0.717, 1.165) is 19.9 Å². The van der Waals surface area contributed by atoms with Gasteiger partial charge in [-0.25, -0.2) is 8.42 Å². The molecule has 0 aliphatic carbocycles. The second-order valence-electron chi connectivity index (χ2n) is 9.29. The maximum Gasteiger partial charge on any atom is 0.264 e. The van der Waals surface area contributed by atoms with Crippen LogP contribution >= 0.6 is 27.5 Å². The van der Waals surface area contributed by atoms with Crippen molar-refractivity contribution in [2.75, 3.05) is 10.8 Å². The third-order valence-electron chi connectivity index (χ3n) is 5.84. The van der Waals surface area contributed by atoms with E-state index in [-0.39, 0.29) is 23.4 Å². The Hall–Kier alpha value is -2.88. The molecular formula is C28H31BrClN3O4S. The fraction of sp³-hybridized carbons (Fsp3) is 0.286. The van der Waals surface area contributed by atoms with Crippen molar-refractivity contribution in [3.8, 4) is 0 Å². The summed E-state index contributed by atoms with van der Waals surface area (Å²) in [6, 6.07) is 19.1. The average molecular weight is 621 g/mol. The molecule has 202 valence electrons. The van der Waals surface area contributed by atoms with Gasteiger partial charge in [-0.05, 0) is 81.8 Å². The first-order valence-electron chi connectivity index (χ1n) is 12.1. The molecule has 0 radical (unpaired) electrons. The Balaban J connectivity index is 2.02. The van der Waals surface area contributed by atoms with Crippen LogP contribution in [0.3, 0.4) is 0 Å². The third-order valence-corrected chi connectivity index (χ3v) is 8.38. The number of sulfonamides is 1. The third kappa shape index (κ3) is 7.58. The smallest absolute Gasteiger partial charge is 0.264 e. The SMILES string of the molecule is Cc1ccc(N(CC(=O)N(Cc2cccc(Br)c2)[C@H](C)C(=O)NC(C)C)S(=O)(=O)c2ccc(Cl)cc2)cc1. The summed E-state index contributed by atoms with van der Waals surface area (Å²) < 4.78 is 29.4. The van der Waals surface area contributed by atoms with Crippen LogP contribution in [0.1, 0.15) is 31.9 Å². The van der Waals surface area contributed by atoms with E-state index in [1.54, 1.807) is 31.2 Å². The molecule has 0 bridgehead atoms. The number of benzene rings is 3. The summed E-state index contributed by atoms with van der Waals surface area (Å²) in [6.45, 7) is 6.82. The molecule has 2 amide bonds. The number of hydrogen-bond acceptors (Lipinski definition) is 4. The number of hydrogen-bond donors (Lipinski definition) is 1. The van der Waals surface area contributed by atoms with Crippen LogP contribution in [0, 0.1) is 6.92 Å². The summed E-state index contributed by atoms with van der Waals surface area (Å²) in [5.41, 5.74) is 2.07. The summed E-state index contributed by atoms with van der Waals surface area (Å²) in [6.07, 6.45) is 0. The molecular weight excluding hydrogens is 590 g/mol. The van der Waals surface area contributed by atoms with Crippen molar-refractivity contribution in [1.29, 1.82) is 0 Å². The van der Waals surface area contributed by atoms with E-state index in [4.69, 9.17) is 11.6 Å². The van der Waals surface area contributed by atoms with E-state index in [9.17, 15) is 18.0 Å². The second kappa shape index (κ2) is 12.8. The predicted molar refractivity (Wildman–Crippen MR) is 155 cm³/mol. The van der Waals surface area contributed by atoms with Crippen LogP contribution in [-0.2, 0) is 26.2 Å². The van der Waals surface area contributed by atoms with Crippen molar-refractivity contribution < 1.29 is 18.0 Å². The Morgan fingerprint density at radius 1 is 0.974 bits per heavy atom. The Labute approximate surface area is 238 Å². The van der Waals surface area contributed by atoms with Gasteiger partial charge in [-0.2, -0.15) is 0 Å². The van der Waals surface area contributed by atoms with Crippen molar-refractivity contribution in [3.05, 3.63) is 93.4 Å². The number of aryl methyl sites for hydroxylation is 1. The topological polar surface area (TPSA) is 86.8 Å². The predicted octanol–water partition coefficient (Wildman–Crippen LogP) is 5.55. The van der Waals surface area contributed by atoms with E-state index < -0.39 is 28.5 Å². The fourth-order valence-corrected chi connectivity index (χ4v) is 5.78. The summed E-state index contributed by atoms with van der Waals surface area (Å²) in [5, 5.41) is 3.24. The highest BCUT2D eigenvalue weighted by atomic mass is 79.9. The highest BCUT2D eigenvalue weighted by Gasteiger charge is 2.32. The van der Waals surface area contributed by atoms with Crippen molar-refractivity contribution >= 4 is 55.1 Å². The molecule has 0 spiro atoms. The number of halogens is 2. The Bertz CT molecular complexity index is 1380. The minimum absolute atomic E-state index is 0.000542. The van der Waals surface area contributed by atoms with Gasteiger partial charge in [0.25, 0.3) is 10.0 Å². The maximum absolute atomic E-state index is 13.9. The molecule has 0 saturated carbocycles. The first-order valence-corrected chi connectivity index (χ1v) is 14.7. The summed E-state index contributed by atoms with van der Waals surface area (Å²) >= 11 is 9.42. The molecule has 1 N–H and O–H groups in total. The average Bonchev–Trinajstić information content (AvgIpc) is 2.86. The molecule has 0 saturated heterocycles. The first-order chi connectivity index (χ1) is 17.9. The Kier molecular flexibility index (Phi) is 9.98. The molecule has 0 aliphatic rings. The lowest BCUT2D eigenvalue weighted by atomic mass is 10.1. The van der Waals surface area contributed by atoms with E-state index in [1.807, 2.05) is 45.0 Å². The van der Waals surface area contributed by atoms with Gasteiger partial charge in [0.2, 0.25) is 11.8 Å². The van der Waals surface area contributed by atoms with Crippen LogP contribution in [0.25, 0.3) is 0 Å². The molecule has 0 fully saturated rings. The number of nitrogens with zero attached hydrogens (tertiary/aromatic N) is 2. The number of carbonyl (C=O) groups excluding carboxylic acids is 2. The van der Waals surface area contributed by atoms with Gasteiger partial charge < -0.3 is 10.2 Å². The molecule has 3 aromatic carbocycles. The standard InChI is InChI=1S/C28H31BrClN3O4S/c1-19(2)31-28(35)21(4)32(17-22-6-5-7-23(29)16-22)27(34)18-33(25-12-8-20(3)9-13-25)38(36,37)26-14-10-24(30)11-15-26/h5-16,19,21H,17-18H2,1-4H3,(H,31,35)/t21-/m1/s1. The normalized spacial score (nSPS) is 12.2. The monoisotopic (exact) mass is 619 g/mol. The van der Waals surface area contributed by atoms with Crippen molar-refractivity contribution in [3.63, 3.8) is 0 Å². The van der Waals surface area contributed by atoms with Gasteiger partial charge in [-0.3, -0.25) is 13.9 Å². The quantitative estimate of drug-likeness (QED) is 0.322. The fourth-order valence-electron chi connectivity index (χ4n) is 3.79. The van der Waals surface area contributed by atoms with Crippen LogP contribution in [-0.4, -0.2) is 43.8 Å². The van der Waals surface area contributed by atoms with Gasteiger partial charge >= 0.3 is 0 Å². The lowest BCUT2D eigenvalue weighted by Crippen LogP contribution is -2.52. The lowest BCUT2D eigenvalue weighted by Gasteiger charge is -2.32. The maximum atomic E-state index is 13.9. The van der Waals surface area contributed by atoms with Gasteiger partial charge in [0, 0.05) is 22.1 Å². The van der Waals surface area contributed by atoms with Crippen LogP contribution in [0.15, 0.2) is 82.2 Å². The minimum atomic E-state index is -4.14. The highest BCUT2D eigenvalue weighted by Crippen LogP contribution is 2.26. The van der Waals surface area contributed by atoms with Crippen LogP contribution in [0.4, 0.5) is 5.69 Å². The molecule has 0 heterocycles. The molecule has 0 aromatic heterocycles.